The molecular weight excluding hydrogens is 346 g/mol. The summed E-state index contributed by atoms with van der Waals surface area (Å²) in [5.74, 6) is -0.280. The number of benzene rings is 3. The van der Waals surface area contributed by atoms with Gasteiger partial charge in [-0.05, 0) is 18.2 Å². The second kappa shape index (κ2) is 6.62. The van der Waals surface area contributed by atoms with Crippen molar-refractivity contribution in [1.82, 2.24) is 0 Å². The second-order valence-corrected chi connectivity index (χ2v) is 6.34. The Labute approximate surface area is 155 Å². The van der Waals surface area contributed by atoms with Crippen LogP contribution >= 0.6 is 11.6 Å². The highest BCUT2D eigenvalue weighted by Gasteiger charge is 2.33. The number of nitrogens with zero attached hydrogens (tertiary/aromatic N) is 1. The molecule has 0 spiro atoms. The third-order valence-electron chi connectivity index (χ3n) is 4.22. The number of halogens is 1. The van der Waals surface area contributed by atoms with Crippen molar-refractivity contribution in [2.24, 2.45) is 4.99 Å². The van der Waals surface area contributed by atoms with Gasteiger partial charge in [-0.25, -0.2) is 4.99 Å². The van der Waals surface area contributed by atoms with Gasteiger partial charge >= 0.3 is 0 Å². The molecule has 0 aliphatic heterocycles. The zero-order valence-electron chi connectivity index (χ0n) is 13.7. The predicted molar refractivity (Wildman–Crippen MR) is 104 cm³/mol. The number of allylic oxidation sites excluding steroid dienone is 1. The van der Waals surface area contributed by atoms with Crippen molar-refractivity contribution in [3.8, 4) is 0 Å². The first-order valence-electron chi connectivity index (χ1n) is 8.12. The summed E-state index contributed by atoms with van der Waals surface area (Å²) in [5, 5.41) is 11.3. The number of aliphatic imine (C=N–C) groups is 1. The average Bonchev–Trinajstić information content (AvgIpc) is 2.92. The Hall–Kier alpha value is -3.17. The van der Waals surface area contributed by atoms with Gasteiger partial charge in [0.1, 0.15) is 5.76 Å². The lowest BCUT2D eigenvalue weighted by Crippen LogP contribution is -2.12. The van der Waals surface area contributed by atoms with Crippen LogP contribution in [0.15, 0.2) is 89.4 Å². The number of aliphatic hydroxyl groups is 1. The van der Waals surface area contributed by atoms with Gasteiger partial charge in [-0.1, -0.05) is 72.3 Å². The van der Waals surface area contributed by atoms with Gasteiger partial charge in [0.05, 0.1) is 17.0 Å². The van der Waals surface area contributed by atoms with Gasteiger partial charge in [0.25, 0.3) is 0 Å². The Morgan fingerprint density at radius 2 is 1.54 bits per heavy atom. The van der Waals surface area contributed by atoms with E-state index in [1.165, 1.54) is 0 Å². The molecular formula is C22H14ClNO2. The zero-order chi connectivity index (χ0) is 18.1. The summed E-state index contributed by atoms with van der Waals surface area (Å²) in [4.78, 5) is 17.6. The molecule has 0 heterocycles. The number of fused-ring (bicyclic) bond motifs is 1. The number of rotatable bonds is 3. The minimum absolute atomic E-state index is 0.0461. The smallest absolute Gasteiger partial charge is 0.199 e. The van der Waals surface area contributed by atoms with Crippen LogP contribution in [0.3, 0.4) is 0 Å². The lowest BCUT2D eigenvalue weighted by atomic mass is 9.99. The van der Waals surface area contributed by atoms with E-state index in [2.05, 4.69) is 4.99 Å². The van der Waals surface area contributed by atoms with E-state index in [-0.39, 0.29) is 17.1 Å². The largest absolute Gasteiger partial charge is 0.506 e. The Morgan fingerprint density at radius 3 is 2.23 bits per heavy atom. The first-order valence-corrected chi connectivity index (χ1v) is 8.50. The first kappa shape index (κ1) is 16.3. The van der Waals surface area contributed by atoms with Crippen LogP contribution in [0.25, 0.3) is 5.76 Å². The van der Waals surface area contributed by atoms with Crippen LogP contribution < -0.4 is 0 Å². The number of ketones is 1. The molecule has 4 heteroatoms. The molecule has 0 saturated heterocycles. The van der Waals surface area contributed by atoms with Gasteiger partial charge in [-0.2, -0.15) is 0 Å². The fraction of sp³-hybridized carbons (Fsp3) is 0. The maximum atomic E-state index is 13.0. The Balaban J connectivity index is 1.93. The van der Waals surface area contributed by atoms with Gasteiger partial charge < -0.3 is 5.11 Å². The monoisotopic (exact) mass is 359 g/mol. The maximum Gasteiger partial charge on any atom is 0.199 e. The fourth-order valence-corrected chi connectivity index (χ4v) is 3.20. The van der Waals surface area contributed by atoms with Crippen LogP contribution in [0.1, 0.15) is 21.5 Å². The summed E-state index contributed by atoms with van der Waals surface area (Å²) in [6.45, 7) is 0. The molecule has 3 nitrogen and oxygen atoms in total. The Morgan fingerprint density at radius 1 is 0.846 bits per heavy atom. The Bertz CT molecular complexity index is 1070. The van der Waals surface area contributed by atoms with Gasteiger partial charge in [0.2, 0.25) is 0 Å². The number of carbonyl (C=O) groups is 1. The van der Waals surface area contributed by atoms with Crippen LogP contribution in [-0.4, -0.2) is 16.6 Å². The fourth-order valence-electron chi connectivity index (χ4n) is 3.02. The van der Waals surface area contributed by atoms with Crippen LogP contribution in [0.5, 0.6) is 0 Å². The van der Waals surface area contributed by atoms with E-state index in [4.69, 9.17) is 11.6 Å². The number of hydrogen-bond acceptors (Lipinski definition) is 3. The van der Waals surface area contributed by atoms with E-state index in [0.717, 1.165) is 5.56 Å². The molecule has 0 unspecified atom stereocenters. The van der Waals surface area contributed by atoms with Crippen LogP contribution in [0, 0.1) is 0 Å². The molecule has 1 N–H and O–H groups in total. The van der Waals surface area contributed by atoms with Gasteiger partial charge in [0.15, 0.2) is 5.78 Å². The molecule has 26 heavy (non-hydrogen) atoms. The summed E-state index contributed by atoms with van der Waals surface area (Å²) < 4.78 is 0. The molecule has 1 aliphatic carbocycles. The van der Waals surface area contributed by atoms with E-state index in [1.807, 2.05) is 30.3 Å². The lowest BCUT2D eigenvalue weighted by Gasteiger charge is -2.09. The molecule has 3 aromatic rings. The van der Waals surface area contributed by atoms with Crippen molar-refractivity contribution in [2.75, 3.05) is 0 Å². The molecule has 0 bridgehead atoms. The number of Topliss-reactive ketones (excluding diaryl/α,β-unsaturated/α-hetero) is 1. The van der Waals surface area contributed by atoms with E-state index in [9.17, 15) is 9.90 Å². The normalized spacial score (nSPS) is 13.9. The van der Waals surface area contributed by atoms with E-state index >= 15 is 0 Å². The highest BCUT2D eigenvalue weighted by molar-refractivity contribution is 6.39. The predicted octanol–water partition coefficient (Wildman–Crippen LogP) is 5.63. The topological polar surface area (TPSA) is 49.7 Å². The molecule has 0 aromatic heterocycles. The second-order valence-electron chi connectivity index (χ2n) is 5.90. The molecule has 126 valence electrons. The number of aliphatic hydroxyl groups excluding tert-OH is 1. The van der Waals surface area contributed by atoms with Crippen molar-refractivity contribution < 1.29 is 9.90 Å². The molecule has 0 atom stereocenters. The summed E-state index contributed by atoms with van der Waals surface area (Å²) in [6.07, 6.45) is 0. The molecule has 1 aliphatic rings. The molecule has 4 rings (SSSR count). The molecule has 0 radical (unpaired) electrons. The van der Waals surface area contributed by atoms with Crippen molar-refractivity contribution in [3.63, 3.8) is 0 Å². The maximum absolute atomic E-state index is 13.0. The number of carbonyl (C=O) groups excluding carboxylic acids is 1. The van der Waals surface area contributed by atoms with Gasteiger partial charge in [-0.3, -0.25) is 4.79 Å². The minimum Gasteiger partial charge on any atom is -0.506 e. The quantitative estimate of drug-likeness (QED) is 0.616. The molecule has 0 fully saturated rings. The van der Waals surface area contributed by atoms with Crippen molar-refractivity contribution in [1.29, 1.82) is 0 Å². The summed E-state index contributed by atoms with van der Waals surface area (Å²) in [7, 11) is 0. The average molecular weight is 360 g/mol. The van der Waals surface area contributed by atoms with Gasteiger partial charge in [0, 0.05) is 21.7 Å². The standard InChI is InChI=1S/C22H14ClNO2/c23-15-9-6-10-16(13-15)24-20(14-7-2-1-3-8-14)19-21(25)17-11-4-5-12-18(17)22(19)26/h1-13,25H. The van der Waals surface area contributed by atoms with E-state index in [0.29, 0.717) is 27.5 Å². The third kappa shape index (κ3) is 2.83. The van der Waals surface area contributed by atoms with Crippen molar-refractivity contribution >= 4 is 34.5 Å². The molecule has 0 amide bonds. The Kier molecular flexibility index (Phi) is 4.15. The van der Waals surface area contributed by atoms with Crippen LogP contribution in [0.4, 0.5) is 5.69 Å². The van der Waals surface area contributed by atoms with Crippen LogP contribution in [-0.2, 0) is 0 Å². The van der Waals surface area contributed by atoms with Crippen molar-refractivity contribution in [2.45, 2.75) is 0 Å². The van der Waals surface area contributed by atoms with E-state index < -0.39 is 0 Å². The minimum atomic E-state index is -0.234. The lowest BCUT2D eigenvalue weighted by molar-refractivity contribution is 0.104. The van der Waals surface area contributed by atoms with E-state index in [1.54, 1.807) is 48.5 Å². The summed E-state index contributed by atoms with van der Waals surface area (Å²) in [5.41, 5.74) is 3.00. The molecule has 3 aromatic carbocycles. The SMILES string of the molecule is O=C1C(C(=Nc2cccc(Cl)c2)c2ccccc2)=C(O)c2ccccc21. The highest BCUT2D eigenvalue weighted by Crippen LogP contribution is 2.34. The number of hydrogen-bond donors (Lipinski definition) is 1. The third-order valence-corrected chi connectivity index (χ3v) is 4.46. The first-order chi connectivity index (χ1) is 12.6. The zero-order valence-corrected chi connectivity index (χ0v) is 14.4. The molecule has 0 saturated carbocycles. The summed E-state index contributed by atoms with van der Waals surface area (Å²) >= 11 is 6.07. The van der Waals surface area contributed by atoms with Crippen LogP contribution in [0.2, 0.25) is 5.02 Å². The summed E-state index contributed by atoms with van der Waals surface area (Å²) in [6, 6.07) is 23.4. The van der Waals surface area contributed by atoms with Crippen molar-refractivity contribution in [3.05, 3.63) is 106 Å². The van der Waals surface area contributed by atoms with Gasteiger partial charge in [-0.15, -0.1) is 0 Å². The highest BCUT2D eigenvalue weighted by atomic mass is 35.5.